The third kappa shape index (κ3) is 5.19. The zero-order valence-corrected chi connectivity index (χ0v) is 18.7. The number of amides is 1. The van der Waals surface area contributed by atoms with Gasteiger partial charge < -0.3 is 5.32 Å². The summed E-state index contributed by atoms with van der Waals surface area (Å²) >= 11 is 0. The second-order valence-electron chi connectivity index (χ2n) is 7.68. The summed E-state index contributed by atoms with van der Waals surface area (Å²) in [6.45, 7) is 0.357. The molecule has 3 heterocycles. The summed E-state index contributed by atoms with van der Waals surface area (Å²) in [6, 6.07) is 8.76. The predicted molar refractivity (Wildman–Crippen MR) is 116 cm³/mol. The van der Waals surface area contributed by atoms with Gasteiger partial charge in [-0.25, -0.2) is 8.42 Å². The van der Waals surface area contributed by atoms with E-state index in [-0.39, 0.29) is 35.2 Å². The average molecular weight is 494 g/mol. The van der Waals surface area contributed by atoms with Crippen LogP contribution in [0, 0.1) is 0 Å². The largest absolute Gasteiger partial charge is 0.417 e. The molecular formula is C21H21F3N6O3S. The number of aromatic nitrogens is 3. The SMILES string of the molecule is O=C(CCCCCN=C1NS(=O)(=O)c2ccccc21)NCc1nnc2ccc(C(F)(F)F)cn12. The molecule has 180 valence electrons. The zero-order valence-electron chi connectivity index (χ0n) is 17.8. The number of aliphatic imine (C=N–C) groups is 1. The molecule has 34 heavy (non-hydrogen) atoms. The van der Waals surface area contributed by atoms with Crippen LogP contribution in [-0.4, -0.2) is 41.3 Å². The van der Waals surface area contributed by atoms with Crippen molar-refractivity contribution in [3.8, 4) is 0 Å². The number of unbranched alkanes of at least 4 members (excludes halogenated alkanes) is 2. The molecule has 0 atom stereocenters. The molecule has 2 N–H and O–H groups in total. The van der Waals surface area contributed by atoms with E-state index in [1.54, 1.807) is 18.2 Å². The van der Waals surface area contributed by atoms with Crippen molar-refractivity contribution in [2.45, 2.75) is 43.3 Å². The molecule has 13 heteroatoms. The highest BCUT2D eigenvalue weighted by Gasteiger charge is 2.31. The van der Waals surface area contributed by atoms with E-state index in [1.807, 2.05) is 0 Å². The van der Waals surface area contributed by atoms with Gasteiger partial charge in [0.1, 0.15) is 5.84 Å². The Hall–Kier alpha value is -3.48. The van der Waals surface area contributed by atoms with E-state index in [0.717, 1.165) is 12.3 Å². The quantitative estimate of drug-likeness (QED) is 0.467. The molecule has 1 aliphatic rings. The van der Waals surface area contributed by atoms with Gasteiger partial charge in [0.05, 0.1) is 17.0 Å². The van der Waals surface area contributed by atoms with Gasteiger partial charge in [-0.15, -0.1) is 10.2 Å². The topological polar surface area (TPSA) is 118 Å². The number of rotatable bonds is 8. The first kappa shape index (κ1) is 23.7. The second-order valence-corrected chi connectivity index (χ2v) is 9.33. The minimum atomic E-state index is -4.49. The van der Waals surface area contributed by atoms with E-state index in [4.69, 9.17) is 0 Å². The highest BCUT2D eigenvalue weighted by Crippen LogP contribution is 2.29. The maximum Gasteiger partial charge on any atom is 0.417 e. The number of amidine groups is 1. The van der Waals surface area contributed by atoms with Gasteiger partial charge in [-0.05, 0) is 37.1 Å². The van der Waals surface area contributed by atoms with Gasteiger partial charge in [-0.3, -0.25) is 18.9 Å². The van der Waals surface area contributed by atoms with Crippen molar-refractivity contribution < 1.29 is 26.4 Å². The summed E-state index contributed by atoms with van der Waals surface area (Å²) in [4.78, 5) is 16.6. The van der Waals surface area contributed by atoms with Gasteiger partial charge in [0, 0.05) is 24.7 Å². The van der Waals surface area contributed by atoms with Gasteiger partial charge in [-0.2, -0.15) is 13.2 Å². The van der Waals surface area contributed by atoms with Crippen LogP contribution in [0.25, 0.3) is 5.65 Å². The fourth-order valence-electron chi connectivity index (χ4n) is 3.51. The Morgan fingerprint density at radius 2 is 1.88 bits per heavy atom. The Bertz CT molecular complexity index is 1350. The lowest BCUT2D eigenvalue weighted by atomic mass is 10.2. The summed E-state index contributed by atoms with van der Waals surface area (Å²) in [5.41, 5.74) is -0.0267. The van der Waals surface area contributed by atoms with Gasteiger partial charge in [-0.1, -0.05) is 18.6 Å². The summed E-state index contributed by atoms with van der Waals surface area (Å²) in [5.74, 6) is 0.264. The van der Waals surface area contributed by atoms with Crippen LogP contribution in [0.5, 0.6) is 0 Å². The fraction of sp³-hybridized carbons (Fsp3) is 0.333. The van der Waals surface area contributed by atoms with Crippen molar-refractivity contribution in [1.82, 2.24) is 24.6 Å². The van der Waals surface area contributed by atoms with Gasteiger partial charge in [0.25, 0.3) is 10.0 Å². The van der Waals surface area contributed by atoms with Crippen LogP contribution < -0.4 is 10.0 Å². The standard InChI is InChI=1S/C21H21F3N6O3S/c22-21(23,24)14-9-10-17-27-28-18(30(17)13-14)12-26-19(31)8-2-1-5-11-25-20-15-6-3-4-7-16(15)34(32,33)29-20/h3-4,6-7,9-10,13H,1-2,5,8,11-12H2,(H,25,29)(H,26,31). The number of alkyl halides is 3. The Morgan fingerprint density at radius 1 is 1.09 bits per heavy atom. The Balaban J connectivity index is 1.21. The number of halogens is 3. The van der Waals surface area contributed by atoms with Crippen LogP contribution in [0.15, 0.2) is 52.5 Å². The van der Waals surface area contributed by atoms with Crippen molar-refractivity contribution in [2.75, 3.05) is 6.54 Å². The van der Waals surface area contributed by atoms with E-state index in [1.165, 1.54) is 16.5 Å². The minimum absolute atomic E-state index is 0.0471. The van der Waals surface area contributed by atoms with Crippen molar-refractivity contribution in [2.24, 2.45) is 4.99 Å². The monoisotopic (exact) mass is 494 g/mol. The summed E-state index contributed by atoms with van der Waals surface area (Å²) in [7, 11) is -3.56. The molecule has 0 radical (unpaired) electrons. The third-order valence-electron chi connectivity index (χ3n) is 5.24. The fourth-order valence-corrected chi connectivity index (χ4v) is 4.76. The maximum absolute atomic E-state index is 12.9. The molecule has 0 unspecified atom stereocenters. The lowest BCUT2D eigenvalue weighted by molar-refractivity contribution is -0.137. The predicted octanol–water partition coefficient (Wildman–Crippen LogP) is 2.66. The molecule has 0 bridgehead atoms. The molecule has 3 aromatic rings. The highest BCUT2D eigenvalue weighted by molar-refractivity contribution is 7.90. The zero-order chi connectivity index (χ0) is 24.3. The lowest BCUT2D eigenvalue weighted by Gasteiger charge is -2.08. The molecule has 1 aromatic carbocycles. The third-order valence-corrected chi connectivity index (χ3v) is 6.64. The summed E-state index contributed by atoms with van der Waals surface area (Å²) in [6.07, 6.45) is -1.41. The second kappa shape index (κ2) is 9.41. The first-order valence-electron chi connectivity index (χ1n) is 10.5. The van der Waals surface area contributed by atoms with Crippen LogP contribution in [-0.2, 0) is 27.5 Å². The van der Waals surface area contributed by atoms with E-state index in [0.29, 0.717) is 37.2 Å². The molecule has 0 spiro atoms. The normalized spacial score (nSPS) is 15.9. The molecule has 0 aliphatic carbocycles. The van der Waals surface area contributed by atoms with E-state index < -0.39 is 21.8 Å². The number of pyridine rings is 1. The number of nitrogens with zero attached hydrogens (tertiary/aromatic N) is 4. The lowest BCUT2D eigenvalue weighted by Crippen LogP contribution is -2.23. The Labute approximate surface area is 193 Å². The molecule has 1 aliphatic heterocycles. The van der Waals surface area contributed by atoms with Gasteiger partial charge >= 0.3 is 6.18 Å². The number of nitrogens with one attached hydrogen (secondary N) is 2. The number of carbonyl (C=O) groups is 1. The molecule has 9 nitrogen and oxygen atoms in total. The number of hydrogen-bond donors (Lipinski definition) is 2. The van der Waals surface area contributed by atoms with Gasteiger partial charge in [0.2, 0.25) is 5.91 Å². The van der Waals surface area contributed by atoms with Crippen molar-refractivity contribution >= 4 is 27.4 Å². The number of carbonyl (C=O) groups excluding carboxylic acids is 1. The molecule has 0 saturated carbocycles. The Morgan fingerprint density at radius 3 is 2.68 bits per heavy atom. The van der Waals surface area contributed by atoms with Crippen LogP contribution in [0.1, 0.15) is 42.6 Å². The molecule has 2 aromatic heterocycles. The van der Waals surface area contributed by atoms with E-state index >= 15 is 0 Å². The average Bonchev–Trinajstić information content (AvgIpc) is 3.32. The van der Waals surface area contributed by atoms with E-state index in [2.05, 4.69) is 25.2 Å². The smallest absolute Gasteiger partial charge is 0.349 e. The molecule has 0 fully saturated rings. The van der Waals surface area contributed by atoms with Crippen LogP contribution in [0.3, 0.4) is 0 Å². The van der Waals surface area contributed by atoms with Gasteiger partial charge in [0.15, 0.2) is 11.5 Å². The minimum Gasteiger partial charge on any atom is -0.349 e. The molecular weight excluding hydrogens is 473 g/mol. The molecule has 0 saturated heterocycles. The maximum atomic E-state index is 12.9. The highest BCUT2D eigenvalue weighted by atomic mass is 32.2. The van der Waals surface area contributed by atoms with Crippen molar-refractivity contribution in [1.29, 1.82) is 0 Å². The van der Waals surface area contributed by atoms with E-state index in [9.17, 15) is 26.4 Å². The molecule has 4 rings (SSSR count). The summed E-state index contributed by atoms with van der Waals surface area (Å²) in [5, 5.41) is 10.3. The summed E-state index contributed by atoms with van der Waals surface area (Å²) < 4.78 is 66.5. The molecule has 1 amide bonds. The number of hydrogen-bond acceptors (Lipinski definition) is 6. The van der Waals surface area contributed by atoms with Crippen LogP contribution >= 0.6 is 0 Å². The number of sulfonamides is 1. The number of benzene rings is 1. The van der Waals surface area contributed by atoms with Crippen LogP contribution in [0.4, 0.5) is 13.2 Å². The van der Waals surface area contributed by atoms with Crippen molar-refractivity contribution in [3.63, 3.8) is 0 Å². The van der Waals surface area contributed by atoms with Crippen LogP contribution in [0.2, 0.25) is 0 Å². The first-order valence-corrected chi connectivity index (χ1v) is 12.0. The number of fused-ring (bicyclic) bond motifs is 2. The first-order chi connectivity index (χ1) is 16.1. The Kier molecular flexibility index (Phi) is 6.55. The van der Waals surface area contributed by atoms with Crippen molar-refractivity contribution in [3.05, 3.63) is 59.5 Å².